The first-order valence-corrected chi connectivity index (χ1v) is 10.2. The topological polar surface area (TPSA) is 39.4 Å². The average molecular weight is 470 g/mol. The van der Waals surface area contributed by atoms with Gasteiger partial charge < -0.3 is 9.15 Å². The second-order valence-electron chi connectivity index (χ2n) is 5.73. The molecule has 2 unspecified atom stereocenters. The number of hydrogen-bond acceptors (Lipinski definition) is 3. The van der Waals surface area contributed by atoms with Gasteiger partial charge >= 0.3 is 5.95 Å². The number of alkyl halides is 1. The Morgan fingerprint density at radius 2 is 2.04 bits per heavy atom. The molecular formula is C20H22Br2O3. The van der Waals surface area contributed by atoms with Crippen LogP contribution in [-0.4, -0.2) is 10.9 Å². The first-order valence-electron chi connectivity index (χ1n) is 8.50. The fourth-order valence-corrected chi connectivity index (χ4v) is 3.38. The number of ether oxygens (including phenoxy) is 1. The lowest BCUT2D eigenvalue weighted by Gasteiger charge is -2.21. The molecule has 1 aromatic heterocycles. The van der Waals surface area contributed by atoms with Gasteiger partial charge in [-0.3, -0.25) is 4.79 Å². The maximum atomic E-state index is 12.2. The van der Waals surface area contributed by atoms with Crippen molar-refractivity contribution in [3.05, 3.63) is 50.8 Å². The first-order chi connectivity index (χ1) is 12.1. The fraction of sp³-hybridized carbons (Fsp3) is 0.450. The predicted molar refractivity (Wildman–Crippen MR) is 108 cm³/mol. The van der Waals surface area contributed by atoms with Crippen LogP contribution in [0.4, 0.5) is 0 Å². The van der Waals surface area contributed by atoms with Gasteiger partial charge in [0, 0.05) is 25.3 Å². The molecule has 1 aliphatic heterocycles. The summed E-state index contributed by atoms with van der Waals surface area (Å²) < 4.78 is 12.1. The SMILES string of the molecule is CCC1Oc2oc(cc(=O)c2Br)CCC#CCC=CCC=CCC1Br. The molecule has 0 aliphatic carbocycles. The van der Waals surface area contributed by atoms with Gasteiger partial charge in [0.05, 0.1) is 4.83 Å². The van der Waals surface area contributed by atoms with Crippen LogP contribution in [0.15, 0.2) is 44.1 Å². The van der Waals surface area contributed by atoms with E-state index in [-0.39, 0.29) is 22.3 Å². The number of halogens is 2. The monoisotopic (exact) mass is 468 g/mol. The zero-order valence-electron chi connectivity index (χ0n) is 14.3. The third-order valence-corrected chi connectivity index (χ3v) is 5.46. The average Bonchev–Trinajstić information content (AvgIpc) is 2.60. The lowest BCUT2D eigenvalue weighted by molar-refractivity contribution is 0.142. The lowest BCUT2D eigenvalue weighted by atomic mass is 10.1. The number of rotatable bonds is 1. The van der Waals surface area contributed by atoms with Gasteiger partial charge in [0.25, 0.3) is 0 Å². The summed E-state index contributed by atoms with van der Waals surface area (Å²) >= 11 is 6.99. The molecule has 0 radical (unpaired) electrons. The molecule has 3 nitrogen and oxygen atoms in total. The maximum absolute atomic E-state index is 12.2. The number of allylic oxidation sites excluding steroid dienone is 4. The Morgan fingerprint density at radius 3 is 2.84 bits per heavy atom. The van der Waals surface area contributed by atoms with E-state index in [0.717, 1.165) is 25.7 Å². The molecule has 0 spiro atoms. The Kier molecular flexibility index (Phi) is 8.57. The van der Waals surface area contributed by atoms with Gasteiger partial charge in [-0.2, -0.15) is 0 Å². The van der Waals surface area contributed by atoms with E-state index in [2.05, 4.69) is 74.9 Å². The van der Waals surface area contributed by atoms with Crippen molar-refractivity contribution < 1.29 is 9.15 Å². The first kappa shape index (κ1) is 20.1. The van der Waals surface area contributed by atoms with E-state index < -0.39 is 0 Å². The molecular weight excluding hydrogens is 448 g/mol. The molecule has 5 heteroatoms. The van der Waals surface area contributed by atoms with Crippen LogP contribution < -0.4 is 10.2 Å². The van der Waals surface area contributed by atoms with Crippen molar-refractivity contribution in [2.24, 2.45) is 0 Å². The quantitative estimate of drug-likeness (QED) is 0.307. The summed E-state index contributed by atoms with van der Waals surface area (Å²) in [6.45, 7) is 2.05. The summed E-state index contributed by atoms with van der Waals surface area (Å²) in [7, 11) is 0. The largest absolute Gasteiger partial charge is 0.460 e. The number of fused-ring (bicyclic) bond motifs is 2. The van der Waals surface area contributed by atoms with Gasteiger partial charge in [-0.1, -0.05) is 53.1 Å². The van der Waals surface area contributed by atoms with Gasteiger partial charge in [0.2, 0.25) is 5.43 Å². The normalized spacial score (nSPS) is 21.7. The summed E-state index contributed by atoms with van der Waals surface area (Å²) in [4.78, 5) is 12.3. The molecule has 0 N–H and O–H groups in total. The van der Waals surface area contributed by atoms with Crippen molar-refractivity contribution in [2.45, 2.75) is 56.4 Å². The van der Waals surface area contributed by atoms with Crippen LogP contribution in [-0.2, 0) is 6.42 Å². The zero-order valence-corrected chi connectivity index (χ0v) is 17.4. The van der Waals surface area contributed by atoms with E-state index >= 15 is 0 Å². The summed E-state index contributed by atoms with van der Waals surface area (Å²) in [5.74, 6) is 7.06. The van der Waals surface area contributed by atoms with Crippen LogP contribution in [0, 0.1) is 11.8 Å². The molecule has 134 valence electrons. The number of aryl methyl sites for hydroxylation is 1. The summed E-state index contributed by atoms with van der Waals surface area (Å²) in [6, 6.07) is 1.50. The Hall–Kier alpha value is -1.25. The number of hydrogen-bond donors (Lipinski definition) is 0. The van der Waals surface area contributed by atoms with E-state index in [9.17, 15) is 4.79 Å². The third-order valence-electron chi connectivity index (χ3n) is 3.78. The van der Waals surface area contributed by atoms with Gasteiger partial charge in [0.1, 0.15) is 16.3 Å². The van der Waals surface area contributed by atoms with Crippen molar-refractivity contribution in [2.75, 3.05) is 0 Å². The van der Waals surface area contributed by atoms with Crippen molar-refractivity contribution in [1.29, 1.82) is 0 Å². The van der Waals surface area contributed by atoms with E-state index in [1.807, 2.05) is 0 Å². The van der Waals surface area contributed by atoms with Crippen LogP contribution in [0.3, 0.4) is 0 Å². The van der Waals surface area contributed by atoms with Crippen LogP contribution in [0.1, 0.15) is 44.8 Å². The molecule has 0 amide bonds. The van der Waals surface area contributed by atoms with Crippen molar-refractivity contribution >= 4 is 31.9 Å². The van der Waals surface area contributed by atoms with Gasteiger partial charge in [0.15, 0.2) is 0 Å². The predicted octanol–water partition coefficient (Wildman–Crippen LogP) is 5.56. The highest BCUT2D eigenvalue weighted by molar-refractivity contribution is 9.10. The van der Waals surface area contributed by atoms with Crippen LogP contribution >= 0.6 is 31.9 Å². The molecule has 0 aromatic carbocycles. The zero-order chi connectivity index (χ0) is 18.1. The Bertz CT molecular complexity index is 738. The van der Waals surface area contributed by atoms with Crippen molar-refractivity contribution in [3.8, 4) is 17.8 Å². The van der Waals surface area contributed by atoms with E-state index in [1.165, 1.54) is 6.07 Å². The fourth-order valence-electron chi connectivity index (χ4n) is 2.39. The van der Waals surface area contributed by atoms with Gasteiger partial charge in [-0.05, 0) is 35.2 Å². The molecule has 2 rings (SSSR count). The Morgan fingerprint density at radius 1 is 1.24 bits per heavy atom. The van der Waals surface area contributed by atoms with E-state index in [1.54, 1.807) is 0 Å². The van der Waals surface area contributed by atoms with Gasteiger partial charge in [-0.25, -0.2) is 0 Å². The Balaban J connectivity index is 2.28. The maximum Gasteiger partial charge on any atom is 0.303 e. The van der Waals surface area contributed by atoms with Crippen LogP contribution in [0.25, 0.3) is 0 Å². The van der Waals surface area contributed by atoms with Crippen molar-refractivity contribution in [3.63, 3.8) is 0 Å². The second kappa shape index (κ2) is 10.7. The lowest BCUT2D eigenvalue weighted by Crippen LogP contribution is -2.27. The molecule has 2 atom stereocenters. The summed E-state index contributed by atoms with van der Waals surface area (Å²) in [5.41, 5.74) is -0.133. The molecule has 0 fully saturated rings. The minimum atomic E-state index is -0.133. The third kappa shape index (κ3) is 6.52. The standard InChI is InChI=1S/C20H22Br2O3/c1-2-18-16(21)13-11-9-7-5-3-4-6-8-10-12-15-14-17(23)19(22)20(24-15)25-18/h3,5,9,11,14,16,18H,2,4,7,10,12-13H2,1H3. The second-order valence-corrected chi connectivity index (χ2v) is 7.70. The molecule has 2 heterocycles. The van der Waals surface area contributed by atoms with Crippen molar-refractivity contribution in [1.82, 2.24) is 0 Å². The molecule has 25 heavy (non-hydrogen) atoms. The minimum Gasteiger partial charge on any atom is -0.460 e. The molecule has 1 aromatic rings. The highest BCUT2D eigenvalue weighted by Crippen LogP contribution is 2.27. The van der Waals surface area contributed by atoms with Crippen LogP contribution in [0.5, 0.6) is 5.95 Å². The van der Waals surface area contributed by atoms with E-state index in [4.69, 9.17) is 9.15 Å². The summed E-state index contributed by atoms with van der Waals surface area (Å²) in [6.07, 6.45) is 12.9. The van der Waals surface area contributed by atoms with Gasteiger partial charge in [-0.15, -0.1) is 5.92 Å². The molecule has 0 saturated carbocycles. The molecule has 2 bridgehead atoms. The molecule has 0 saturated heterocycles. The minimum absolute atomic E-state index is 0.0923. The summed E-state index contributed by atoms with van der Waals surface area (Å²) in [5, 5.41) is 0. The van der Waals surface area contributed by atoms with Crippen LogP contribution in [0.2, 0.25) is 0 Å². The highest BCUT2D eigenvalue weighted by Gasteiger charge is 2.21. The highest BCUT2D eigenvalue weighted by atomic mass is 79.9. The molecule has 1 aliphatic rings. The van der Waals surface area contributed by atoms with E-state index in [0.29, 0.717) is 23.1 Å². The Labute approximate surface area is 165 Å². The smallest absolute Gasteiger partial charge is 0.303 e.